The van der Waals surface area contributed by atoms with E-state index in [-0.39, 0.29) is 36.1 Å². The molecular weight excluding hydrogens is 382 g/mol. The third-order valence-electron chi connectivity index (χ3n) is 5.57. The van der Waals surface area contributed by atoms with Gasteiger partial charge in [0.05, 0.1) is 24.2 Å². The van der Waals surface area contributed by atoms with Gasteiger partial charge in [0.2, 0.25) is 0 Å². The van der Waals surface area contributed by atoms with Gasteiger partial charge in [-0.3, -0.25) is 4.79 Å². The van der Waals surface area contributed by atoms with Crippen molar-refractivity contribution in [2.24, 2.45) is 0 Å². The average Bonchev–Trinajstić information content (AvgIpc) is 3.30. The van der Waals surface area contributed by atoms with E-state index in [1.807, 2.05) is 6.92 Å². The van der Waals surface area contributed by atoms with Gasteiger partial charge in [0.25, 0.3) is 5.91 Å². The first-order chi connectivity index (χ1) is 13.3. The fourth-order valence-electron chi connectivity index (χ4n) is 4.10. The van der Waals surface area contributed by atoms with Crippen molar-refractivity contribution in [3.05, 3.63) is 29.3 Å². The molecule has 1 saturated heterocycles. The van der Waals surface area contributed by atoms with Crippen LogP contribution in [0.3, 0.4) is 0 Å². The molecule has 1 atom stereocenters. The Hall–Kier alpha value is -2.09. The van der Waals surface area contributed by atoms with Gasteiger partial charge in [-0.15, -0.1) is 0 Å². The highest BCUT2D eigenvalue weighted by atomic mass is 32.2. The number of nitrogens with zero attached hydrogens (tertiary/aromatic N) is 1. The van der Waals surface area contributed by atoms with Gasteiger partial charge in [-0.2, -0.15) is 0 Å². The predicted octanol–water partition coefficient (Wildman–Crippen LogP) is 2.12. The molecule has 1 amide bonds. The minimum absolute atomic E-state index is 0.0338. The molecular formula is C20H27NO6S. The molecule has 2 fully saturated rings. The monoisotopic (exact) mass is 409 g/mol. The Morgan fingerprint density at radius 1 is 1.14 bits per heavy atom. The van der Waals surface area contributed by atoms with E-state index < -0.39 is 15.8 Å². The molecule has 0 aromatic heterocycles. The summed E-state index contributed by atoms with van der Waals surface area (Å²) < 4.78 is 34.3. The van der Waals surface area contributed by atoms with Crippen molar-refractivity contribution in [2.75, 3.05) is 25.2 Å². The number of methoxy groups -OCH3 is 1. The molecule has 0 bridgehead atoms. The topological polar surface area (TPSA) is 90.0 Å². The lowest BCUT2D eigenvalue weighted by molar-refractivity contribution is -0.137. The van der Waals surface area contributed by atoms with Crippen LogP contribution in [0.2, 0.25) is 0 Å². The highest BCUT2D eigenvalue weighted by Gasteiger charge is 2.39. The molecule has 0 radical (unpaired) electrons. The number of sulfone groups is 1. The van der Waals surface area contributed by atoms with Crippen molar-refractivity contribution in [1.82, 2.24) is 4.90 Å². The maximum Gasteiger partial charge on any atom is 0.337 e. The Morgan fingerprint density at radius 2 is 1.86 bits per heavy atom. The number of ether oxygens (including phenoxy) is 2. The molecule has 1 aromatic carbocycles. The van der Waals surface area contributed by atoms with Crippen LogP contribution in [-0.2, 0) is 19.4 Å². The molecule has 1 aliphatic heterocycles. The third-order valence-corrected chi connectivity index (χ3v) is 7.32. The Kier molecular flexibility index (Phi) is 6.27. The van der Waals surface area contributed by atoms with Crippen molar-refractivity contribution < 1.29 is 27.5 Å². The first-order valence-electron chi connectivity index (χ1n) is 9.64. The summed E-state index contributed by atoms with van der Waals surface area (Å²) in [5, 5.41) is 0. The number of hydrogen-bond acceptors (Lipinski definition) is 6. The zero-order valence-electron chi connectivity index (χ0n) is 16.3. The molecule has 1 saturated carbocycles. The van der Waals surface area contributed by atoms with E-state index in [9.17, 15) is 18.0 Å². The number of benzene rings is 1. The van der Waals surface area contributed by atoms with Crippen LogP contribution in [0.15, 0.2) is 18.2 Å². The van der Waals surface area contributed by atoms with E-state index in [0.29, 0.717) is 17.7 Å². The summed E-state index contributed by atoms with van der Waals surface area (Å²) in [4.78, 5) is 26.5. The summed E-state index contributed by atoms with van der Waals surface area (Å²) in [6.07, 6.45) is 4.39. The lowest BCUT2D eigenvalue weighted by Crippen LogP contribution is -2.48. The smallest absolute Gasteiger partial charge is 0.337 e. The van der Waals surface area contributed by atoms with E-state index in [1.165, 1.54) is 7.11 Å². The highest BCUT2D eigenvalue weighted by Crippen LogP contribution is 2.29. The second-order valence-corrected chi connectivity index (χ2v) is 9.79. The molecule has 1 aromatic rings. The van der Waals surface area contributed by atoms with Gasteiger partial charge in [0, 0.05) is 12.1 Å². The van der Waals surface area contributed by atoms with Crippen LogP contribution in [0.25, 0.3) is 0 Å². The average molecular weight is 410 g/mol. The third kappa shape index (κ3) is 4.66. The van der Waals surface area contributed by atoms with Crippen LogP contribution in [0.4, 0.5) is 0 Å². The van der Waals surface area contributed by atoms with Gasteiger partial charge in [0.1, 0.15) is 5.75 Å². The van der Waals surface area contributed by atoms with E-state index in [1.54, 1.807) is 23.1 Å². The standard InChI is InChI=1S/C20H27NO6S/c1-14-7-8-15(20(23)26-2)11-18(14)27-12-19(22)21(16-5-3-4-6-16)17-9-10-28(24,25)13-17/h7-8,11,16-17H,3-6,9-10,12-13H2,1-2H3/t17-/m0/s1. The summed E-state index contributed by atoms with van der Waals surface area (Å²) >= 11 is 0. The van der Waals surface area contributed by atoms with Crippen molar-refractivity contribution in [2.45, 2.75) is 51.1 Å². The minimum Gasteiger partial charge on any atom is -0.483 e. The molecule has 2 aliphatic rings. The number of esters is 1. The van der Waals surface area contributed by atoms with Gasteiger partial charge in [-0.05, 0) is 43.9 Å². The van der Waals surface area contributed by atoms with Crippen LogP contribution in [-0.4, -0.2) is 62.5 Å². The van der Waals surface area contributed by atoms with Crippen molar-refractivity contribution in [1.29, 1.82) is 0 Å². The molecule has 0 unspecified atom stereocenters. The van der Waals surface area contributed by atoms with Crippen molar-refractivity contribution in [3.8, 4) is 5.75 Å². The summed E-state index contributed by atoms with van der Waals surface area (Å²) in [5.74, 6) is -0.0556. The van der Waals surface area contributed by atoms with E-state index in [2.05, 4.69) is 0 Å². The van der Waals surface area contributed by atoms with Gasteiger partial charge < -0.3 is 14.4 Å². The first kappa shape index (κ1) is 20.6. The van der Waals surface area contributed by atoms with E-state index in [0.717, 1.165) is 31.2 Å². The van der Waals surface area contributed by atoms with Crippen molar-refractivity contribution >= 4 is 21.7 Å². The maximum atomic E-state index is 13.0. The van der Waals surface area contributed by atoms with Crippen LogP contribution in [0, 0.1) is 6.92 Å². The zero-order chi connectivity index (χ0) is 20.3. The van der Waals surface area contributed by atoms with Gasteiger partial charge in [-0.1, -0.05) is 18.9 Å². The number of carbonyl (C=O) groups excluding carboxylic acids is 2. The Labute approximate surface area is 165 Å². The van der Waals surface area contributed by atoms with Gasteiger partial charge >= 0.3 is 5.97 Å². The Balaban J connectivity index is 1.73. The lowest BCUT2D eigenvalue weighted by atomic mass is 10.1. The quantitative estimate of drug-likeness (QED) is 0.669. The predicted molar refractivity (Wildman–Crippen MR) is 104 cm³/mol. The molecule has 154 valence electrons. The zero-order valence-corrected chi connectivity index (χ0v) is 17.2. The molecule has 1 heterocycles. The second-order valence-electron chi connectivity index (χ2n) is 7.56. The first-order valence-corrected chi connectivity index (χ1v) is 11.5. The molecule has 28 heavy (non-hydrogen) atoms. The Bertz CT molecular complexity index is 844. The number of aryl methyl sites for hydroxylation is 1. The molecule has 3 rings (SSSR count). The highest BCUT2D eigenvalue weighted by molar-refractivity contribution is 7.91. The normalized spacial score (nSPS) is 21.4. The van der Waals surface area contributed by atoms with E-state index in [4.69, 9.17) is 9.47 Å². The van der Waals surface area contributed by atoms with Gasteiger partial charge in [0.15, 0.2) is 16.4 Å². The SMILES string of the molecule is COC(=O)c1ccc(C)c(OCC(=O)N(C2CCCC2)[C@H]2CCS(=O)(=O)C2)c1. The summed E-state index contributed by atoms with van der Waals surface area (Å²) in [7, 11) is -1.77. The fourth-order valence-corrected chi connectivity index (χ4v) is 5.81. The molecule has 7 nitrogen and oxygen atoms in total. The molecule has 0 spiro atoms. The number of carbonyl (C=O) groups is 2. The summed E-state index contributed by atoms with van der Waals surface area (Å²) in [6, 6.07) is 4.76. The second kappa shape index (κ2) is 8.51. The molecule has 0 N–H and O–H groups in total. The van der Waals surface area contributed by atoms with Crippen LogP contribution >= 0.6 is 0 Å². The van der Waals surface area contributed by atoms with Crippen LogP contribution in [0.5, 0.6) is 5.75 Å². The molecule has 8 heteroatoms. The number of amides is 1. The lowest BCUT2D eigenvalue weighted by Gasteiger charge is -2.34. The van der Waals surface area contributed by atoms with E-state index >= 15 is 0 Å². The van der Waals surface area contributed by atoms with Crippen LogP contribution < -0.4 is 4.74 Å². The number of rotatable bonds is 6. The largest absolute Gasteiger partial charge is 0.483 e. The maximum absolute atomic E-state index is 13.0. The Morgan fingerprint density at radius 3 is 2.46 bits per heavy atom. The fraction of sp³-hybridized carbons (Fsp3) is 0.600. The minimum atomic E-state index is -3.08. The van der Waals surface area contributed by atoms with Crippen LogP contribution in [0.1, 0.15) is 48.0 Å². The summed E-state index contributed by atoms with van der Waals surface area (Å²) in [6.45, 7) is 1.65. The molecule has 1 aliphatic carbocycles. The van der Waals surface area contributed by atoms with Gasteiger partial charge in [-0.25, -0.2) is 13.2 Å². The van der Waals surface area contributed by atoms with Crippen molar-refractivity contribution in [3.63, 3.8) is 0 Å². The number of hydrogen-bond donors (Lipinski definition) is 0. The summed E-state index contributed by atoms with van der Waals surface area (Å²) in [5.41, 5.74) is 1.15.